The van der Waals surface area contributed by atoms with Gasteiger partial charge in [-0.3, -0.25) is 0 Å². The van der Waals surface area contributed by atoms with E-state index in [9.17, 15) is 4.39 Å². The highest BCUT2D eigenvalue weighted by atomic mass is 32.1. The molecule has 0 spiro atoms. The Labute approximate surface area is 174 Å². The van der Waals surface area contributed by atoms with Crippen LogP contribution >= 0.6 is 11.3 Å². The van der Waals surface area contributed by atoms with Crippen molar-refractivity contribution in [2.24, 2.45) is 4.99 Å². The van der Waals surface area contributed by atoms with Gasteiger partial charge in [0.15, 0.2) is 5.96 Å². The molecule has 0 atom stereocenters. The zero-order valence-electron chi connectivity index (χ0n) is 17.2. The van der Waals surface area contributed by atoms with E-state index in [-0.39, 0.29) is 5.82 Å². The van der Waals surface area contributed by atoms with Crippen LogP contribution in [0.1, 0.15) is 48.8 Å². The Morgan fingerprint density at radius 1 is 1.31 bits per heavy atom. The molecular weight excluding hydrogens is 387 g/mol. The largest absolute Gasteiger partial charge is 0.357 e. The van der Waals surface area contributed by atoms with E-state index in [2.05, 4.69) is 44.8 Å². The van der Waals surface area contributed by atoms with Crippen LogP contribution in [0.3, 0.4) is 0 Å². The average molecular weight is 415 g/mol. The van der Waals surface area contributed by atoms with Gasteiger partial charge in [0.25, 0.3) is 0 Å². The SMILES string of the molecule is CCNC(=NCc1ccc(-n2ccnc2C)c(F)c1)NCc1nc(C(C)C)cs1. The van der Waals surface area contributed by atoms with Crippen LogP contribution in [-0.2, 0) is 13.1 Å². The van der Waals surface area contributed by atoms with Gasteiger partial charge in [0.05, 0.1) is 24.5 Å². The molecule has 0 amide bonds. The maximum atomic E-state index is 14.6. The Balaban J connectivity index is 1.66. The van der Waals surface area contributed by atoms with E-state index >= 15 is 0 Å². The second-order valence-electron chi connectivity index (χ2n) is 7.00. The van der Waals surface area contributed by atoms with Crippen LogP contribution in [0, 0.1) is 12.7 Å². The fourth-order valence-corrected chi connectivity index (χ4v) is 3.71. The number of aliphatic imine (C=N–C) groups is 1. The van der Waals surface area contributed by atoms with Crippen molar-refractivity contribution < 1.29 is 4.39 Å². The Hall–Kier alpha value is -2.74. The topological polar surface area (TPSA) is 67.1 Å². The number of benzene rings is 1. The lowest BCUT2D eigenvalue weighted by Gasteiger charge is -2.11. The van der Waals surface area contributed by atoms with Crippen molar-refractivity contribution in [3.05, 3.63) is 63.9 Å². The fourth-order valence-electron chi connectivity index (χ4n) is 2.82. The molecule has 0 unspecified atom stereocenters. The highest BCUT2D eigenvalue weighted by molar-refractivity contribution is 7.09. The number of nitrogens with zero attached hydrogens (tertiary/aromatic N) is 4. The molecule has 0 fully saturated rings. The van der Waals surface area contributed by atoms with Crippen LogP contribution < -0.4 is 10.6 Å². The minimum Gasteiger partial charge on any atom is -0.357 e. The summed E-state index contributed by atoms with van der Waals surface area (Å²) < 4.78 is 16.3. The Bertz CT molecular complexity index is 975. The number of rotatable bonds is 7. The second kappa shape index (κ2) is 9.65. The van der Waals surface area contributed by atoms with Crippen LogP contribution in [0.2, 0.25) is 0 Å². The summed E-state index contributed by atoms with van der Waals surface area (Å²) >= 11 is 1.64. The monoisotopic (exact) mass is 414 g/mol. The number of hydrogen-bond donors (Lipinski definition) is 2. The van der Waals surface area contributed by atoms with E-state index in [0.717, 1.165) is 28.6 Å². The van der Waals surface area contributed by atoms with Gasteiger partial charge >= 0.3 is 0 Å². The Kier molecular flexibility index (Phi) is 6.98. The summed E-state index contributed by atoms with van der Waals surface area (Å²) in [6, 6.07) is 5.18. The summed E-state index contributed by atoms with van der Waals surface area (Å²) in [5, 5.41) is 9.63. The van der Waals surface area contributed by atoms with Crippen molar-refractivity contribution in [3.8, 4) is 5.69 Å². The van der Waals surface area contributed by atoms with Gasteiger partial charge in [0.2, 0.25) is 0 Å². The molecule has 0 aliphatic carbocycles. The third kappa shape index (κ3) is 5.41. The first kappa shape index (κ1) is 21.0. The molecule has 3 rings (SSSR count). The Morgan fingerprint density at radius 3 is 2.76 bits per heavy atom. The second-order valence-corrected chi connectivity index (χ2v) is 7.94. The first-order valence-corrected chi connectivity index (χ1v) is 10.6. The van der Waals surface area contributed by atoms with Gasteiger partial charge in [-0.15, -0.1) is 11.3 Å². The zero-order chi connectivity index (χ0) is 20.8. The third-order valence-corrected chi connectivity index (χ3v) is 5.30. The smallest absolute Gasteiger partial charge is 0.191 e. The highest BCUT2D eigenvalue weighted by Crippen LogP contribution is 2.18. The van der Waals surface area contributed by atoms with Crippen LogP contribution in [0.4, 0.5) is 4.39 Å². The number of aromatic nitrogens is 3. The lowest BCUT2D eigenvalue weighted by Crippen LogP contribution is -2.36. The minimum absolute atomic E-state index is 0.291. The summed E-state index contributed by atoms with van der Waals surface area (Å²) in [4.78, 5) is 13.4. The number of guanidine groups is 1. The van der Waals surface area contributed by atoms with E-state index in [1.54, 1.807) is 34.4 Å². The van der Waals surface area contributed by atoms with Crippen LogP contribution in [0.5, 0.6) is 0 Å². The number of nitrogens with one attached hydrogen (secondary N) is 2. The number of imidazole rings is 1. The number of halogens is 1. The normalized spacial score (nSPS) is 11.9. The van der Waals surface area contributed by atoms with Crippen LogP contribution in [-0.4, -0.2) is 27.0 Å². The van der Waals surface area contributed by atoms with Gasteiger partial charge in [-0.2, -0.15) is 0 Å². The zero-order valence-corrected chi connectivity index (χ0v) is 18.1. The van der Waals surface area contributed by atoms with Crippen molar-refractivity contribution in [3.63, 3.8) is 0 Å². The van der Waals surface area contributed by atoms with E-state index in [1.807, 2.05) is 19.9 Å². The number of aryl methyl sites for hydroxylation is 1. The molecule has 0 radical (unpaired) electrons. The van der Waals surface area contributed by atoms with E-state index < -0.39 is 0 Å². The molecule has 0 saturated heterocycles. The molecule has 8 heteroatoms. The van der Waals surface area contributed by atoms with Crippen LogP contribution in [0.25, 0.3) is 5.69 Å². The predicted molar refractivity (Wildman–Crippen MR) is 116 cm³/mol. The van der Waals surface area contributed by atoms with Gasteiger partial charge in [-0.1, -0.05) is 19.9 Å². The molecule has 0 aliphatic rings. The van der Waals surface area contributed by atoms with E-state index in [4.69, 9.17) is 0 Å². The molecular formula is C21H27FN6S. The first-order chi connectivity index (χ1) is 14.0. The first-order valence-electron chi connectivity index (χ1n) is 9.73. The lowest BCUT2D eigenvalue weighted by atomic mass is 10.2. The molecule has 6 nitrogen and oxygen atoms in total. The maximum Gasteiger partial charge on any atom is 0.191 e. The van der Waals surface area contributed by atoms with Crippen LogP contribution in [0.15, 0.2) is 41.0 Å². The third-order valence-electron chi connectivity index (χ3n) is 4.43. The molecule has 0 aliphatic heterocycles. The highest BCUT2D eigenvalue weighted by Gasteiger charge is 2.09. The molecule has 2 heterocycles. The molecule has 0 saturated carbocycles. The van der Waals surface area contributed by atoms with Gasteiger partial charge < -0.3 is 15.2 Å². The number of thiazole rings is 1. The molecule has 2 N–H and O–H groups in total. The molecule has 0 bridgehead atoms. The van der Waals surface area contributed by atoms with Crippen molar-refractivity contribution in [2.75, 3.05) is 6.54 Å². The molecule has 154 valence electrons. The summed E-state index contributed by atoms with van der Waals surface area (Å²) in [7, 11) is 0. The average Bonchev–Trinajstić information content (AvgIpc) is 3.33. The van der Waals surface area contributed by atoms with E-state index in [0.29, 0.717) is 30.7 Å². The summed E-state index contributed by atoms with van der Waals surface area (Å²) in [6.07, 6.45) is 3.41. The maximum absolute atomic E-state index is 14.6. The van der Waals surface area contributed by atoms with Crippen molar-refractivity contribution in [1.82, 2.24) is 25.2 Å². The van der Waals surface area contributed by atoms with Crippen molar-refractivity contribution in [2.45, 2.75) is 46.7 Å². The van der Waals surface area contributed by atoms with E-state index in [1.165, 1.54) is 6.07 Å². The predicted octanol–water partition coefficient (Wildman–Crippen LogP) is 4.16. The number of hydrogen-bond acceptors (Lipinski definition) is 4. The van der Waals surface area contributed by atoms with Crippen molar-refractivity contribution in [1.29, 1.82) is 0 Å². The summed E-state index contributed by atoms with van der Waals surface area (Å²) in [5.74, 6) is 1.56. The van der Waals surface area contributed by atoms with Gasteiger partial charge in [0, 0.05) is 24.3 Å². The lowest BCUT2D eigenvalue weighted by molar-refractivity contribution is 0.614. The standard InChI is InChI=1S/C21H27FN6S/c1-5-23-21(26-12-20-27-18(13-29-20)14(2)3)25-11-16-6-7-19(17(22)10-16)28-9-8-24-15(28)4/h6-10,13-14H,5,11-12H2,1-4H3,(H2,23,25,26). The van der Waals surface area contributed by atoms with Gasteiger partial charge in [0.1, 0.15) is 16.6 Å². The quantitative estimate of drug-likeness (QED) is 0.450. The van der Waals surface area contributed by atoms with Gasteiger partial charge in [-0.25, -0.2) is 19.4 Å². The minimum atomic E-state index is -0.291. The van der Waals surface area contributed by atoms with Gasteiger partial charge in [-0.05, 0) is 37.5 Å². The summed E-state index contributed by atoms with van der Waals surface area (Å²) in [6.45, 7) is 9.86. The Morgan fingerprint density at radius 2 is 2.14 bits per heavy atom. The molecule has 3 aromatic rings. The molecule has 2 aromatic heterocycles. The molecule has 1 aromatic carbocycles. The molecule has 29 heavy (non-hydrogen) atoms. The fraction of sp³-hybridized carbons (Fsp3) is 0.381. The van der Waals surface area contributed by atoms with Crippen molar-refractivity contribution >= 4 is 17.3 Å². The summed E-state index contributed by atoms with van der Waals surface area (Å²) in [5.41, 5.74) is 2.40.